The van der Waals surface area contributed by atoms with Crippen LogP contribution in [-0.4, -0.2) is 227 Å². The lowest BCUT2D eigenvalue weighted by molar-refractivity contribution is -0.305. The summed E-state index contributed by atoms with van der Waals surface area (Å²) < 4.78 is 76.8. The number of carbonyl (C=O) groups is 4. The molecule has 0 bridgehead atoms. The van der Waals surface area contributed by atoms with Crippen LogP contribution in [0.4, 0.5) is 4.79 Å². The van der Waals surface area contributed by atoms with Gasteiger partial charge in [-0.15, -0.1) is 0 Å². The average molecular weight is 1200 g/mol. The molecule has 1 aliphatic carbocycles. The predicted molar refractivity (Wildman–Crippen MR) is 308 cm³/mol. The van der Waals surface area contributed by atoms with E-state index >= 15 is 9.59 Å². The summed E-state index contributed by atoms with van der Waals surface area (Å²) in [6.45, 7) is 27.0. The summed E-state index contributed by atoms with van der Waals surface area (Å²) in [5, 5.41) is 30.1. The van der Waals surface area contributed by atoms with E-state index in [9.17, 15) is 19.8 Å². The lowest BCUT2D eigenvalue weighted by Crippen LogP contribution is -2.59. The SMILES string of the molecule is CO/N=C1\C[C@@H](C)O[C@@H](O[C@@H]2[C@@H](C)[C@H](O[C@H]3C[C@H](C)N(C)C[C@H](C)O3)[C@@H](C)C(=O)O[C@H]([C@@H](C)CO[C@@H]3O[C@H](C)[C@@H](O)[C@@H](OC)[C@H]3OC)[C@H](C)[C@@H](OC(=O)CC(C)C)[C@@H](C)C(=O)[C@@](C)(OC(=O)NCC3(N4CCOCC4)CCCC3)C[C@@H]2C)[C@@H]1O. The number of rotatable bonds is 18. The van der Waals surface area contributed by atoms with Gasteiger partial charge in [-0.3, -0.25) is 19.3 Å². The molecule has 484 valence electrons. The maximum atomic E-state index is 16.1. The highest BCUT2D eigenvalue weighted by molar-refractivity contribution is 5.91. The van der Waals surface area contributed by atoms with Crippen molar-refractivity contribution in [1.29, 1.82) is 0 Å². The van der Waals surface area contributed by atoms with E-state index in [1.54, 1.807) is 34.6 Å². The van der Waals surface area contributed by atoms with Crippen LogP contribution in [-0.2, 0) is 76.1 Å². The smallest absolute Gasteiger partial charge is 0.408 e. The molecule has 23 nitrogen and oxygen atoms in total. The molecule has 5 saturated heterocycles. The lowest BCUT2D eigenvalue weighted by Gasteiger charge is -2.45. The van der Waals surface area contributed by atoms with E-state index in [-0.39, 0.29) is 56.0 Å². The number of morpholine rings is 1. The van der Waals surface area contributed by atoms with Gasteiger partial charge >= 0.3 is 18.0 Å². The summed E-state index contributed by atoms with van der Waals surface area (Å²) in [7, 11) is 6.34. The van der Waals surface area contributed by atoms with Crippen molar-refractivity contribution in [2.24, 2.45) is 46.6 Å². The molecule has 0 unspecified atom stereocenters. The second-order valence-corrected chi connectivity index (χ2v) is 26.0. The summed E-state index contributed by atoms with van der Waals surface area (Å²) in [6, 6.07) is 0.0138. The number of nitrogens with zero attached hydrogens (tertiary/aromatic N) is 3. The van der Waals surface area contributed by atoms with Crippen LogP contribution in [0.25, 0.3) is 0 Å². The number of ether oxygens (including phenoxy) is 12. The molecule has 5 aliphatic heterocycles. The number of oxime groups is 1. The fourth-order valence-electron chi connectivity index (χ4n) is 13.9. The Kier molecular flexibility index (Phi) is 26.1. The van der Waals surface area contributed by atoms with Crippen molar-refractivity contribution < 1.29 is 91.1 Å². The van der Waals surface area contributed by atoms with Crippen LogP contribution in [0, 0.1) is 41.4 Å². The van der Waals surface area contributed by atoms with Gasteiger partial charge in [0, 0.05) is 89.0 Å². The Bertz CT molecular complexity index is 2130. The van der Waals surface area contributed by atoms with Gasteiger partial charge in [0.1, 0.15) is 43.7 Å². The van der Waals surface area contributed by atoms with Gasteiger partial charge in [-0.1, -0.05) is 66.5 Å². The Morgan fingerprint density at radius 3 is 2.11 bits per heavy atom. The number of likely N-dealkylation sites (N-methyl/N-ethyl adjacent to an activating group) is 1. The van der Waals surface area contributed by atoms with Crippen LogP contribution in [0.5, 0.6) is 0 Å². The zero-order valence-corrected chi connectivity index (χ0v) is 53.5. The van der Waals surface area contributed by atoms with E-state index < -0.39 is 145 Å². The lowest BCUT2D eigenvalue weighted by atomic mass is 9.74. The Morgan fingerprint density at radius 1 is 0.810 bits per heavy atom. The molecule has 5 heterocycles. The van der Waals surface area contributed by atoms with Crippen LogP contribution in [0.1, 0.15) is 141 Å². The van der Waals surface area contributed by atoms with Gasteiger partial charge in [0.2, 0.25) is 0 Å². The molecular formula is C61H106N4O19. The summed E-state index contributed by atoms with van der Waals surface area (Å²) >= 11 is 0. The molecule has 22 atom stereocenters. The third-order valence-corrected chi connectivity index (χ3v) is 18.7. The van der Waals surface area contributed by atoms with Crippen molar-refractivity contribution in [2.45, 2.75) is 245 Å². The Morgan fingerprint density at radius 2 is 1.48 bits per heavy atom. The highest BCUT2D eigenvalue weighted by Gasteiger charge is 2.53. The van der Waals surface area contributed by atoms with Crippen molar-refractivity contribution in [3.05, 3.63) is 0 Å². The van der Waals surface area contributed by atoms with Crippen molar-refractivity contribution in [3.63, 3.8) is 0 Å². The van der Waals surface area contributed by atoms with Crippen LogP contribution >= 0.6 is 0 Å². The number of cyclic esters (lactones) is 1. The largest absolute Gasteiger partial charge is 0.461 e. The van der Waals surface area contributed by atoms with Crippen LogP contribution in [0.2, 0.25) is 0 Å². The molecule has 1 saturated carbocycles. The Hall–Kier alpha value is -3.17. The molecular weight excluding hydrogens is 1090 g/mol. The van der Waals surface area contributed by atoms with E-state index in [0.717, 1.165) is 38.8 Å². The summed E-state index contributed by atoms with van der Waals surface area (Å²) in [5.41, 5.74) is -1.98. The zero-order chi connectivity index (χ0) is 62.0. The average Bonchev–Trinajstić information content (AvgIpc) is 3.89. The number of alkyl carbamates (subject to hydrolysis) is 1. The van der Waals surface area contributed by atoms with Crippen molar-refractivity contribution in [2.75, 3.05) is 74.4 Å². The summed E-state index contributed by atoms with van der Waals surface area (Å²) in [4.78, 5) is 70.3. The molecule has 0 aromatic heterocycles. The topological polar surface area (TPSA) is 260 Å². The highest BCUT2D eigenvalue weighted by atomic mass is 16.7. The molecule has 6 aliphatic rings. The summed E-state index contributed by atoms with van der Waals surface area (Å²) in [5.74, 6) is -7.30. The standard InChI is InChI=1S/C61H106N4O19/c1-33(2)26-45(66)80-51-40(9)50(35(4)31-76-58-54(73-16)53(72-15)47(67)43(12)79-58)82-56(70)42(11)52(81-46-27-36(5)64(14)30-38(7)77-46)39(8)49(83-57-48(68)44(63-74-17)28-37(6)78-57)34(3)29-60(13,55(69)41(51)10)84-59(71)62-32-61(20-18-19-21-61)65-22-24-75-25-23-65/h33-43,46-54,57-58,67-68H,18-32H2,1-17H3,(H,62,71)/b63-44+/t34-,35-,36-,37+,38-,39+,40-,41+,42+,43+,46-,47+,48+,49-,50+,51+,52-,53+,54+,57-,58+,60-/m0/s1. The van der Waals surface area contributed by atoms with E-state index in [4.69, 9.17) is 61.7 Å². The third kappa shape index (κ3) is 17.4. The number of carbonyl (C=O) groups excluding carboxylic acids is 4. The van der Waals surface area contributed by atoms with Crippen molar-refractivity contribution in [1.82, 2.24) is 15.1 Å². The first-order valence-electron chi connectivity index (χ1n) is 31.0. The Labute approximate surface area is 499 Å². The van der Waals surface area contributed by atoms with Crippen LogP contribution in [0.15, 0.2) is 5.16 Å². The minimum absolute atomic E-state index is 0.0138. The fourth-order valence-corrected chi connectivity index (χ4v) is 13.9. The maximum absolute atomic E-state index is 16.1. The number of aliphatic hydroxyl groups excluding tert-OH is 2. The molecule has 6 fully saturated rings. The summed E-state index contributed by atoms with van der Waals surface area (Å²) in [6.07, 6.45) is -9.64. The molecule has 0 aromatic carbocycles. The molecule has 6 rings (SSSR count). The van der Waals surface area contributed by atoms with Gasteiger partial charge in [0.25, 0.3) is 0 Å². The van der Waals surface area contributed by atoms with Crippen molar-refractivity contribution >= 4 is 29.5 Å². The molecule has 3 N–H and O–H groups in total. The molecule has 1 amide bonds. The molecule has 0 aromatic rings. The van der Waals surface area contributed by atoms with Gasteiger partial charge < -0.3 is 82.1 Å². The van der Waals surface area contributed by atoms with Crippen molar-refractivity contribution in [3.8, 4) is 0 Å². The minimum atomic E-state index is -1.95. The zero-order valence-electron chi connectivity index (χ0n) is 53.5. The number of ketones is 1. The van der Waals surface area contributed by atoms with E-state index in [1.807, 2.05) is 55.5 Å². The van der Waals surface area contributed by atoms with Crippen LogP contribution < -0.4 is 5.32 Å². The molecule has 0 radical (unpaired) electrons. The highest BCUT2D eigenvalue weighted by Crippen LogP contribution is 2.41. The molecule has 0 spiro atoms. The number of methoxy groups -OCH3 is 2. The third-order valence-electron chi connectivity index (χ3n) is 18.7. The van der Waals surface area contributed by atoms with Gasteiger partial charge in [0.15, 0.2) is 30.3 Å². The predicted octanol–water partition coefficient (Wildman–Crippen LogP) is 5.65. The first-order valence-corrected chi connectivity index (χ1v) is 31.0. The van der Waals surface area contributed by atoms with E-state index in [1.165, 1.54) is 21.3 Å². The Balaban J connectivity index is 1.50. The van der Waals surface area contributed by atoms with Gasteiger partial charge in [-0.05, 0) is 79.7 Å². The van der Waals surface area contributed by atoms with E-state index in [0.29, 0.717) is 31.9 Å². The first kappa shape index (κ1) is 69.9. The molecule has 23 heteroatoms. The first-order chi connectivity index (χ1) is 39.7. The maximum Gasteiger partial charge on any atom is 0.408 e. The van der Waals surface area contributed by atoms with Gasteiger partial charge in [-0.25, -0.2) is 4.79 Å². The minimum Gasteiger partial charge on any atom is -0.461 e. The second kappa shape index (κ2) is 31.3. The number of hydrogen-bond donors (Lipinski definition) is 3. The van der Waals surface area contributed by atoms with Gasteiger partial charge in [0.05, 0.1) is 67.9 Å². The fraction of sp³-hybridized carbons (Fsp3) is 0.918. The van der Waals surface area contributed by atoms with E-state index in [2.05, 4.69) is 27.2 Å². The monoisotopic (exact) mass is 1200 g/mol. The molecule has 84 heavy (non-hydrogen) atoms. The number of nitrogens with one attached hydrogen (secondary N) is 1. The number of Topliss-reactive ketones (excluding diaryl/α,β-unsaturated/α-hetero) is 1. The normalized spacial score (nSPS) is 40.8. The number of amides is 1. The second-order valence-electron chi connectivity index (χ2n) is 26.0. The quantitative estimate of drug-likeness (QED) is 0.0851. The van der Waals surface area contributed by atoms with Crippen LogP contribution in [0.3, 0.4) is 0 Å². The number of aliphatic hydroxyl groups is 2. The van der Waals surface area contributed by atoms with Gasteiger partial charge in [-0.2, -0.15) is 0 Å². The number of esters is 2. The number of hydrogen-bond acceptors (Lipinski definition) is 22.